The van der Waals surface area contributed by atoms with Crippen LogP contribution in [0.25, 0.3) is 6.08 Å². The standard InChI is InChI=1S/C17H15ClN2/c18-17-8-6-14(7-9-17)10-16(11-19)13-20-12-15-4-2-1-3-5-15/h1-10,20H,12-13H2/b16-10+. The number of nitrogens with one attached hydrogen (secondary N) is 1. The maximum Gasteiger partial charge on any atom is 0.0961 e. The Morgan fingerprint density at radius 1 is 1.10 bits per heavy atom. The maximum absolute atomic E-state index is 9.15. The van der Waals surface area contributed by atoms with Gasteiger partial charge in [-0.2, -0.15) is 5.26 Å². The van der Waals surface area contributed by atoms with Crippen LogP contribution in [0.15, 0.2) is 60.2 Å². The SMILES string of the molecule is N#C/C(=C\c1ccc(Cl)cc1)CNCc1ccccc1. The molecule has 2 rings (SSSR count). The summed E-state index contributed by atoms with van der Waals surface area (Å²) in [6.45, 7) is 1.30. The molecule has 0 radical (unpaired) electrons. The molecule has 2 aromatic rings. The minimum Gasteiger partial charge on any atom is -0.308 e. The summed E-state index contributed by atoms with van der Waals surface area (Å²) in [5, 5.41) is 13.1. The lowest BCUT2D eigenvalue weighted by Gasteiger charge is -2.04. The molecule has 0 amide bonds. The zero-order chi connectivity index (χ0) is 14.2. The molecule has 0 saturated heterocycles. The number of benzene rings is 2. The first-order chi connectivity index (χ1) is 9.78. The Labute approximate surface area is 124 Å². The molecule has 0 heterocycles. The second-order valence-corrected chi connectivity index (χ2v) is 4.86. The third-order valence-electron chi connectivity index (χ3n) is 2.84. The van der Waals surface area contributed by atoms with Crippen molar-refractivity contribution in [2.24, 2.45) is 0 Å². The number of halogens is 1. The van der Waals surface area contributed by atoms with E-state index in [0.717, 1.165) is 12.1 Å². The molecular formula is C17H15ClN2. The van der Waals surface area contributed by atoms with Crippen LogP contribution in [0.2, 0.25) is 5.02 Å². The first-order valence-corrected chi connectivity index (χ1v) is 6.76. The summed E-state index contributed by atoms with van der Waals surface area (Å²) in [5.74, 6) is 0. The van der Waals surface area contributed by atoms with E-state index < -0.39 is 0 Å². The molecule has 0 saturated carbocycles. The molecule has 20 heavy (non-hydrogen) atoms. The van der Waals surface area contributed by atoms with Gasteiger partial charge in [-0.25, -0.2) is 0 Å². The van der Waals surface area contributed by atoms with Gasteiger partial charge in [0.2, 0.25) is 0 Å². The van der Waals surface area contributed by atoms with Gasteiger partial charge in [-0.05, 0) is 29.3 Å². The van der Waals surface area contributed by atoms with E-state index in [1.165, 1.54) is 5.56 Å². The van der Waals surface area contributed by atoms with Gasteiger partial charge in [0, 0.05) is 23.7 Å². The fourth-order valence-electron chi connectivity index (χ4n) is 1.82. The van der Waals surface area contributed by atoms with E-state index in [-0.39, 0.29) is 0 Å². The van der Waals surface area contributed by atoms with Gasteiger partial charge in [-0.1, -0.05) is 54.1 Å². The van der Waals surface area contributed by atoms with Gasteiger partial charge < -0.3 is 5.32 Å². The van der Waals surface area contributed by atoms with E-state index in [4.69, 9.17) is 16.9 Å². The van der Waals surface area contributed by atoms with Gasteiger partial charge in [0.05, 0.1) is 6.07 Å². The quantitative estimate of drug-likeness (QED) is 0.840. The highest BCUT2D eigenvalue weighted by atomic mass is 35.5. The predicted molar refractivity (Wildman–Crippen MR) is 83.2 cm³/mol. The fraction of sp³-hybridized carbons (Fsp3) is 0.118. The van der Waals surface area contributed by atoms with E-state index in [1.807, 2.05) is 48.5 Å². The summed E-state index contributed by atoms with van der Waals surface area (Å²) in [4.78, 5) is 0. The molecule has 1 N–H and O–H groups in total. The summed E-state index contributed by atoms with van der Waals surface area (Å²) in [5.41, 5.74) is 2.88. The minimum absolute atomic E-state index is 0.550. The molecule has 0 aliphatic carbocycles. The Balaban J connectivity index is 1.92. The van der Waals surface area contributed by atoms with Crippen molar-refractivity contribution >= 4 is 17.7 Å². The molecular weight excluding hydrogens is 268 g/mol. The normalized spacial score (nSPS) is 11.1. The van der Waals surface area contributed by atoms with Gasteiger partial charge in [0.1, 0.15) is 0 Å². The van der Waals surface area contributed by atoms with Crippen LogP contribution in [0.4, 0.5) is 0 Å². The zero-order valence-electron chi connectivity index (χ0n) is 11.0. The van der Waals surface area contributed by atoms with Crippen LogP contribution in [-0.4, -0.2) is 6.54 Å². The lowest BCUT2D eigenvalue weighted by Crippen LogP contribution is -2.15. The second kappa shape index (κ2) is 7.49. The molecule has 3 heteroatoms. The maximum atomic E-state index is 9.15. The lowest BCUT2D eigenvalue weighted by atomic mass is 10.1. The highest BCUT2D eigenvalue weighted by Gasteiger charge is 1.97. The van der Waals surface area contributed by atoms with Gasteiger partial charge >= 0.3 is 0 Å². The first-order valence-electron chi connectivity index (χ1n) is 6.39. The molecule has 2 aromatic carbocycles. The average Bonchev–Trinajstić information content (AvgIpc) is 2.49. The van der Waals surface area contributed by atoms with Gasteiger partial charge in [-0.15, -0.1) is 0 Å². The van der Waals surface area contributed by atoms with Crippen LogP contribution < -0.4 is 5.32 Å². The van der Waals surface area contributed by atoms with Crippen molar-refractivity contribution in [3.63, 3.8) is 0 Å². The lowest BCUT2D eigenvalue weighted by molar-refractivity contribution is 0.750. The van der Waals surface area contributed by atoms with Gasteiger partial charge in [-0.3, -0.25) is 0 Å². The summed E-state index contributed by atoms with van der Waals surface area (Å²) < 4.78 is 0. The van der Waals surface area contributed by atoms with E-state index in [2.05, 4.69) is 23.5 Å². The van der Waals surface area contributed by atoms with Crippen molar-refractivity contribution in [1.82, 2.24) is 5.32 Å². The Hall–Kier alpha value is -2.08. The summed E-state index contributed by atoms with van der Waals surface area (Å²) >= 11 is 5.84. The molecule has 100 valence electrons. The molecule has 0 fully saturated rings. The van der Waals surface area contributed by atoms with Crippen LogP contribution in [0.3, 0.4) is 0 Å². The number of hydrogen-bond donors (Lipinski definition) is 1. The van der Waals surface area contributed by atoms with Crippen LogP contribution in [-0.2, 0) is 6.54 Å². The average molecular weight is 283 g/mol. The molecule has 0 bridgehead atoms. The molecule has 0 atom stereocenters. The highest BCUT2D eigenvalue weighted by molar-refractivity contribution is 6.30. The second-order valence-electron chi connectivity index (χ2n) is 4.42. The first kappa shape index (κ1) is 14.3. The number of hydrogen-bond acceptors (Lipinski definition) is 2. The van der Waals surface area contributed by atoms with Crippen LogP contribution in [0, 0.1) is 11.3 Å². The van der Waals surface area contributed by atoms with Crippen LogP contribution >= 0.6 is 11.6 Å². The molecule has 0 aliphatic heterocycles. The predicted octanol–water partition coefficient (Wildman–Crippen LogP) is 4.04. The molecule has 2 nitrogen and oxygen atoms in total. The number of nitriles is 1. The molecule has 0 unspecified atom stereocenters. The third kappa shape index (κ3) is 4.55. The van der Waals surface area contributed by atoms with Crippen molar-refractivity contribution in [3.8, 4) is 6.07 Å². The van der Waals surface area contributed by atoms with Gasteiger partial charge in [0.25, 0.3) is 0 Å². The third-order valence-corrected chi connectivity index (χ3v) is 3.09. The molecule has 0 spiro atoms. The van der Waals surface area contributed by atoms with Crippen molar-refractivity contribution < 1.29 is 0 Å². The van der Waals surface area contributed by atoms with E-state index in [1.54, 1.807) is 0 Å². The Kier molecular flexibility index (Phi) is 5.37. The van der Waals surface area contributed by atoms with E-state index in [0.29, 0.717) is 17.1 Å². The van der Waals surface area contributed by atoms with Gasteiger partial charge in [0.15, 0.2) is 0 Å². The Bertz CT molecular complexity index is 610. The largest absolute Gasteiger partial charge is 0.308 e. The van der Waals surface area contributed by atoms with Crippen molar-refractivity contribution in [2.45, 2.75) is 6.54 Å². The number of rotatable bonds is 5. The molecule has 0 aliphatic rings. The highest BCUT2D eigenvalue weighted by Crippen LogP contribution is 2.12. The summed E-state index contributed by atoms with van der Waals surface area (Å²) in [6.07, 6.45) is 1.87. The van der Waals surface area contributed by atoms with Crippen LogP contribution in [0.5, 0.6) is 0 Å². The summed E-state index contributed by atoms with van der Waals surface area (Å²) in [7, 11) is 0. The van der Waals surface area contributed by atoms with Crippen molar-refractivity contribution in [2.75, 3.05) is 6.54 Å². The monoisotopic (exact) mass is 282 g/mol. The molecule has 0 aromatic heterocycles. The smallest absolute Gasteiger partial charge is 0.0961 e. The van der Waals surface area contributed by atoms with E-state index in [9.17, 15) is 0 Å². The minimum atomic E-state index is 0.550. The topological polar surface area (TPSA) is 35.8 Å². The van der Waals surface area contributed by atoms with Crippen molar-refractivity contribution in [1.29, 1.82) is 5.26 Å². The van der Waals surface area contributed by atoms with E-state index >= 15 is 0 Å². The Morgan fingerprint density at radius 2 is 1.80 bits per heavy atom. The Morgan fingerprint density at radius 3 is 2.45 bits per heavy atom. The van der Waals surface area contributed by atoms with Crippen molar-refractivity contribution in [3.05, 3.63) is 76.3 Å². The van der Waals surface area contributed by atoms with Crippen LogP contribution in [0.1, 0.15) is 11.1 Å². The summed E-state index contributed by atoms with van der Waals surface area (Å²) in [6, 6.07) is 19.8. The zero-order valence-corrected chi connectivity index (χ0v) is 11.8. The number of nitrogens with zero attached hydrogens (tertiary/aromatic N) is 1. The fourth-order valence-corrected chi connectivity index (χ4v) is 1.95.